The highest BCUT2D eigenvalue weighted by molar-refractivity contribution is 6.24. The van der Waals surface area contributed by atoms with E-state index in [-0.39, 0.29) is 0 Å². The van der Waals surface area contributed by atoms with Gasteiger partial charge in [0, 0.05) is 6.42 Å². The summed E-state index contributed by atoms with van der Waals surface area (Å²) in [5, 5.41) is 4.91. The molecule has 5 heteroatoms. The third-order valence-corrected chi connectivity index (χ3v) is 2.08. The Labute approximate surface area is 60.4 Å². The Kier molecular flexibility index (Phi) is 1.37. The van der Waals surface area contributed by atoms with Crippen molar-refractivity contribution in [1.29, 1.82) is 5.26 Å². The predicted molar refractivity (Wildman–Crippen MR) is 28.4 cm³/mol. The Balaban J connectivity index is 2.77. The van der Waals surface area contributed by atoms with E-state index in [0.29, 0.717) is 0 Å². The van der Waals surface area contributed by atoms with Gasteiger partial charge in [0.15, 0.2) is 0 Å². The summed E-state index contributed by atoms with van der Waals surface area (Å²) in [5.74, 6) is -4.90. The average Bonchev–Trinajstić information content (AvgIpc) is 1.83. The molecule has 1 nitrogen and oxygen atoms in total. The summed E-state index contributed by atoms with van der Waals surface area (Å²) in [6.07, 6.45) is -0.774. The first-order valence-electron chi connectivity index (χ1n) is 2.57. The predicted octanol–water partition coefficient (Wildman–Crippen LogP) is 2.07. The molecule has 0 aromatic heterocycles. The summed E-state index contributed by atoms with van der Waals surface area (Å²) >= 11 is 4.72. The van der Waals surface area contributed by atoms with Crippen LogP contribution in [0.15, 0.2) is 0 Å². The molecule has 1 saturated carbocycles. The summed E-state index contributed by atoms with van der Waals surface area (Å²) in [6, 6.07) is 1.36. The molecular formula is C5H3ClF3N. The van der Waals surface area contributed by atoms with Crippen molar-refractivity contribution in [2.24, 2.45) is 5.92 Å². The van der Waals surface area contributed by atoms with E-state index in [0.717, 1.165) is 0 Å². The van der Waals surface area contributed by atoms with Gasteiger partial charge in [0.05, 0.1) is 6.07 Å². The van der Waals surface area contributed by atoms with Gasteiger partial charge in [-0.2, -0.15) is 5.26 Å². The molecule has 0 bridgehead atoms. The second-order valence-electron chi connectivity index (χ2n) is 2.21. The van der Waals surface area contributed by atoms with E-state index >= 15 is 0 Å². The number of hydrogen-bond acceptors (Lipinski definition) is 1. The quantitative estimate of drug-likeness (QED) is 0.510. The lowest BCUT2D eigenvalue weighted by atomic mass is 9.79. The normalized spacial score (nSPS) is 43.7. The Morgan fingerprint density at radius 1 is 1.50 bits per heavy atom. The van der Waals surface area contributed by atoms with Crippen molar-refractivity contribution in [1.82, 2.24) is 0 Å². The summed E-state index contributed by atoms with van der Waals surface area (Å²) in [4.78, 5) is 0. The first-order valence-corrected chi connectivity index (χ1v) is 2.95. The lowest BCUT2D eigenvalue weighted by molar-refractivity contribution is -0.191. The van der Waals surface area contributed by atoms with E-state index < -0.39 is 23.4 Å². The fourth-order valence-electron chi connectivity index (χ4n) is 0.771. The van der Waals surface area contributed by atoms with Gasteiger partial charge in [-0.15, -0.1) is 0 Å². The van der Waals surface area contributed by atoms with Crippen LogP contribution in [0.25, 0.3) is 0 Å². The second kappa shape index (κ2) is 1.79. The van der Waals surface area contributed by atoms with E-state index in [1.54, 1.807) is 0 Å². The van der Waals surface area contributed by atoms with Crippen LogP contribution in [0.1, 0.15) is 6.42 Å². The third kappa shape index (κ3) is 0.702. The zero-order chi connectivity index (χ0) is 7.99. The van der Waals surface area contributed by atoms with Crippen molar-refractivity contribution in [2.75, 3.05) is 0 Å². The molecule has 1 fully saturated rings. The Hall–Kier alpha value is -0.430. The monoisotopic (exact) mass is 169 g/mol. The van der Waals surface area contributed by atoms with Crippen molar-refractivity contribution in [3.05, 3.63) is 0 Å². The number of nitriles is 1. The molecule has 2 atom stereocenters. The zero-order valence-electron chi connectivity index (χ0n) is 4.74. The maximum atomic E-state index is 12.4. The van der Waals surface area contributed by atoms with Crippen molar-refractivity contribution in [2.45, 2.75) is 17.5 Å². The molecule has 0 N–H and O–H groups in total. The average molecular weight is 170 g/mol. The molecule has 0 radical (unpaired) electrons. The summed E-state index contributed by atoms with van der Waals surface area (Å²) in [7, 11) is 0. The first kappa shape index (κ1) is 7.67. The van der Waals surface area contributed by atoms with E-state index in [9.17, 15) is 13.2 Å². The minimum atomic E-state index is -3.53. The minimum Gasteiger partial charge on any atom is -0.218 e. The van der Waals surface area contributed by atoms with Crippen molar-refractivity contribution < 1.29 is 13.2 Å². The van der Waals surface area contributed by atoms with E-state index in [1.165, 1.54) is 6.07 Å². The molecule has 0 aromatic carbocycles. The summed E-state index contributed by atoms with van der Waals surface area (Å²) in [6.45, 7) is 0. The van der Waals surface area contributed by atoms with Crippen molar-refractivity contribution >= 4 is 11.6 Å². The molecule has 0 unspecified atom stereocenters. The maximum absolute atomic E-state index is 12.4. The van der Waals surface area contributed by atoms with Gasteiger partial charge in [0.1, 0.15) is 5.92 Å². The van der Waals surface area contributed by atoms with Crippen LogP contribution in [-0.2, 0) is 0 Å². The van der Waals surface area contributed by atoms with Crippen LogP contribution in [0.2, 0.25) is 0 Å². The van der Waals surface area contributed by atoms with E-state index in [4.69, 9.17) is 16.9 Å². The van der Waals surface area contributed by atoms with Gasteiger partial charge >= 0.3 is 0 Å². The molecule has 0 spiro atoms. The van der Waals surface area contributed by atoms with Crippen LogP contribution in [0.3, 0.4) is 0 Å². The number of halogens is 4. The molecule has 1 rings (SSSR count). The maximum Gasteiger partial charge on any atom is 0.298 e. The molecule has 0 heterocycles. The topological polar surface area (TPSA) is 23.8 Å². The van der Waals surface area contributed by atoms with Gasteiger partial charge in [-0.05, 0) is 0 Å². The Morgan fingerprint density at radius 2 is 2.00 bits per heavy atom. The number of rotatable bonds is 0. The van der Waals surface area contributed by atoms with Gasteiger partial charge in [-0.1, -0.05) is 11.6 Å². The van der Waals surface area contributed by atoms with Crippen LogP contribution in [0, 0.1) is 17.2 Å². The fourth-order valence-corrected chi connectivity index (χ4v) is 0.974. The molecule has 10 heavy (non-hydrogen) atoms. The highest BCUT2D eigenvalue weighted by Crippen LogP contribution is 2.56. The van der Waals surface area contributed by atoms with Crippen LogP contribution in [0.5, 0.6) is 0 Å². The lowest BCUT2D eigenvalue weighted by Crippen LogP contribution is -2.57. The molecule has 1 aliphatic carbocycles. The summed E-state index contributed by atoms with van der Waals surface area (Å²) < 4.78 is 36.6. The Morgan fingerprint density at radius 3 is 2.10 bits per heavy atom. The van der Waals surface area contributed by atoms with Crippen molar-refractivity contribution in [3.63, 3.8) is 0 Å². The molecule has 0 aromatic rings. The van der Waals surface area contributed by atoms with Crippen molar-refractivity contribution in [3.8, 4) is 6.07 Å². The largest absolute Gasteiger partial charge is 0.298 e. The number of hydrogen-bond donors (Lipinski definition) is 0. The highest BCUT2D eigenvalue weighted by Gasteiger charge is 2.69. The zero-order valence-corrected chi connectivity index (χ0v) is 5.50. The van der Waals surface area contributed by atoms with Gasteiger partial charge in [0.2, 0.25) is 0 Å². The summed E-state index contributed by atoms with van der Waals surface area (Å²) in [5.41, 5.74) is 0. The highest BCUT2D eigenvalue weighted by atomic mass is 35.5. The molecule has 0 amide bonds. The molecule has 0 saturated heterocycles. The third-order valence-electron chi connectivity index (χ3n) is 1.54. The van der Waals surface area contributed by atoms with Gasteiger partial charge < -0.3 is 0 Å². The van der Waals surface area contributed by atoms with E-state index in [1.807, 2.05) is 0 Å². The molecule has 56 valence electrons. The standard InChI is InChI=1S/C5H3ClF3N/c6-5(9)3(2-10)1-4(5,7)8/h3H,1H2/t3-,5+/m1/s1. The molecule has 0 aliphatic heterocycles. The smallest absolute Gasteiger partial charge is 0.218 e. The SMILES string of the molecule is N#C[C@H]1CC(F)(F)[C@]1(F)Cl. The van der Waals surface area contributed by atoms with Crippen LogP contribution in [-0.4, -0.2) is 11.1 Å². The first-order chi connectivity index (χ1) is 4.42. The van der Waals surface area contributed by atoms with Gasteiger partial charge in [-0.3, -0.25) is 0 Å². The number of nitrogens with zero attached hydrogens (tertiary/aromatic N) is 1. The van der Waals surface area contributed by atoms with Crippen LogP contribution < -0.4 is 0 Å². The van der Waals surface area contributed by atoms with Crippen LogP contribution >= 0.6 is 11.6 Å². The van der Waals surface area contributed by atoms with E-state index in [2.05, 4.69) is 0 Å². The molecular weight excluding hydrogens is 167 g/mol. The lowest BCUT2D eigenvalue weighted by Gasteiger charge is -2.41. The van der Waals surface area contributed by atoms with Gasteiger partial charge in [0.25, 0.3) is 11.1 Å². The number of alkyl halides is 4. The second-order valence-corrected chi connectivity index (χ2v) is 2.76. The minimum absolute atomic E-state index is 0.774. The fraction of sp³-hybridized carbons (Fsp3) is 0.800. The Bertz CT molecular complexity index is 196. The molecule has 1 aliphatic rings. The van der Waals surface area contributed by atoms with Gasteiger partial charge in [-0.25, -0.2) is 13.2 Å². The van der Waals surface area contributed by atoms with Crippen LogP contribution in [0.4, 0.5) is 13.2 Å².